The summed E-state index contributed by atoms with van der Waals surface area (Å²) in [6, 6.07) is 20.5. The molecule has 3 rings (SSSR count). The maximum Gasteiger partial charge on any atom is 0.410 e. The van der Waals surface area contributed by atoms with Gasteiger partial charge in [0.05, 0.1) is 19.2 Å². The molecule has 0 spiro atoms. The summed E-state index contributed by atoms with van der Waals surface area (Å²) in [5, 5.41) is 2.18. The van der Waals surface area contributed by atoms with Crippen LogP contribution in [-0.4, -0.2) is 56.2 Å². The van der Waals surface area contributed by atoms with E-state index in [-0.39, 0.29) is 23.2 Å². The highest BCUT2D eigenvalue weighted by atomic mass is 28.4. The lowest BCUT2D eigenvalue weighted by atomic mass is 10.2. The molecule has 1 aliphatic heterocycles. The van der Waals surface area contributed by atoms with E-state index in [0.29, 0.717) is 19.6 Å². The number of amides is 1. The summed E-state index contributed by atoms with van der Waals surface area (Å²) in [4.78, 5) is 26.4. The van der Waals surface area contributed by atoms with Gasteiger partial charge in [-0.05, 0) is 36.2 Å². The van der Waals surface area contributed by atoms with Crippen LogP contribution in [0.5, 0.6) is 0 Å². The maximum atomic E-state index is 13.1. The lowest BCUT2D eigenvalue weighted by molar-refractivity contribution is -0.145. The molecule has 35 heavy (non-hydrogen) atoms. The fraction of sp³-hybridized carbons (Fsp3) is 0.500. The Hall–Kier alpha value is -2.64. The Kier molecular flexibility index (Phi) is 8.12. The average molecular weight is 498 g/mol. The van der Waals surface area contributed by atoms with Crippen molar-refractivity contribution in [2.24, 2.45) is 0 Å². The molecule has 0 radical (unpaired) electrons. The molecule has 1 saturated heterocycles. The Morgan fingerprint density at radius 2 is 1.43 bits per heavy atom. The number of rotatable bonds is 6. The van der Waals surface area contributed by atoms with Crippen molar-refractivity contribution >= 4 is 30.8 Å². The summed E-state index contributed by atoms with van der Waals surface area (Å²) >= 11 is 0. The molecule has 0 bridgehead atoms. The number of ether oxygens (including phenoxy) is 2. The largest absolute Gasteiger partial charge is 0.461 e. The topological polar surface area (TPSA) is 65.1 Å². The number of hydrogen-bond acceptors (Lipinski definition) is 5. The zero-order valence-corrected chi connectivity index (χ0v) is 23.0. The van der Waals surface area contributed by atoms with Gasteiger partial charge in [-0.25, -0.2) is 4.79 Å². The molecular weight excluding hydrogens is 458 g/mol. The van der Waals surface area contributed by atoms with Gasteiger partial charge < -0.3 is 13.9 Å². The first kappa shape index (κ1) is 27.0. The first-order valence-electron chi connectivity index (χ1n) is 12.3. The molecule has 190 valence electrons. The molecule has 0 saturated carbocycles. The lowest BCUT2D eigenvalue weighted by Gasteiger charge is -2.44. The second-order valence-corrected chi connectivity index (χ2v) is 15.5. The van der Waals surface area contributed by atoms with Crippen LogP contribution < -0.4 is 10.4 Å². The third-order valence-electron chi connectivity index (χ3n) is 6.25. The van der Waals surface area contributed by atoms with Crippen LogP contribution >= 0.6 is 0 Å². The van der Waals surface area contributed by atoms with E-state index < -0.39 is 20.0 Å². The Bertz CT molecular complexity index is 958. The minimum atomic E-state index is -2.77. The van der Waals surface area contributed by atoms with Crippen LogP contribution in [0, 0.1) is 0 Å². The van der Waals surface area contributed by atoms with Gasteiger partial charge in [0.15, 0.2) is 0 Å². The average Bonchev–Trinajstić information content (AvgIpc) is 3.16. The summed E-state index contributed by atoms with van der Waals surface area (Å²) < 4.78 is 18.2. The molecule has 0 aromatic heterocycles. The number of nitrogens with zero attached hydrogens (tertiary/aromatic N) is 1. The molecule has 1 heterocycles. The van der Waals surface area contributed by atoms with Crippen molar-refractivity contribution in [2.45, 2.75) is 77.7 Å². The molecule has 2 aromatic carbocycles. The summed E-state index contributed by atoms with van der Waals surface area (Å²) in [5.41, 5.74) is -0.625. The minimum Gasteiger partial charge on any atom is -0.461 e. The predicted molar refractivity (Wildman–Crippen MR) is 140 cm³/mol. The third kappa shape index (κ3) is 6.33. The van der Waals surface area contributed by atoms with Gasteiger partial charge in [0.1, 0.15) is 11.7 Å². The van der Waals surface area contributed by atoms with Crippen molar-refractivity contribution in [3.8, 4) is 0 Å². The molecule has 7 heteroatoms. The first-order valence-corrected chi connectivity index (χ1v) is 14.2. The van der Waals surface area contributed by atoms with E-state index >= 15 is 0 Å². The second kappa shape index (κ2) is 10.5. The van der Waals surface area contributed by atoms with Gasteiger partial charge in [0.25, 0.3) is 8.32 Å². The molecule has 2 atom stereocenters. The Morgan fingerprint density at radius 3 is 1.86 bits per heavy atom. The lowest BCUT2D eigenvalue weighted by Crippen LogP contribution is -2.67. The van der Waals surface area contributed by atoms with Crippen molar-refractivity contribution in [3.63, 3.8) is 0 Å². The van der Waals surface area contributed by atoms with Crippen molar-refractivity contribution in [1.29, 1.82) is 0 Å². The highest BCUT2D eigenvalue weighted by Crippen LogP contribution is 2.37. The van der Waals surface area contributed by atoms with Crippen LogP contribution in [0.1, 0.15) is 54.9 Å². The zero-order valence-electron chi connectivity index (χ0n) is 22.0. The number of esters is 1. The second-order valence-electron chi connectivity index (χ2n) is 11.2. The molecule has 1 fully saturated rings. The van der Waals surface area contributed by atoms with E-state index in [4.69, 9.17) is 13.9 Å². The van der Waals surface area contributed by atoms with Crippen LogP contribution in [0.4, 0.5) is 4.79 Å². The summed E-state index contributed by atoms with van der Waals surface area (Å²) in [5.74, 6) is -0.354. The first-order chi connectivity index (χ1) is 16.3. The number of hydrogen-bond donors (Lipinski definition) is 0. The monoisotopic (exact) mass is 497 g/mol. The van der Waals surface area contributed by atoms with Crippen LogP contribution in [0.2, 0.25) is 5.04 Å². The van der Waals surface area contributed by atoms with Gasteiger partial charge in [-0.1, -0.05) is 81.4 Å². The van der Waals surface area contributed by atoms with Crippen molar-refractivity contribution in [3.05, 3.63) is 60.7 Å². The summed E-state index contributed by atoms with van der Waals surface area (Å²) in [7, 11) is -2.77. The third-order valence-corrected chi connectivity index (χ3v) is 11.3. The summed E-state index contributed by atoms with van der Waals surface area (Å²) in [6.07, 6.45) is -0.284. The van der Waals surface area contributed by atoms with Gasteiger partial charge in [-0.15, -0.1) is 0 Å². The Balaban J connectivity index is 1.98. The SMILES string of the molecule is CC(=O)O[C@H]1C[C@@H](CO[Si](c2ccccc2)(c2ccccc2)C(C)(C)C)N(C(=O)OC(C)(C)C)C1. The molecule has 6 nitrogen and oxygen atoms in total. The van der Waals surface area contributed by atoms with Crippen LogP contribution in [0.15, 0.2) is 60.7 Å². The number of likely N-dealkylation sites (tertiary alicyclic amines) is 1. The zero-order chi connectivity index (χ0) is 25.9. The Morgan fingerprint density at radius 1 is 0.914 bits per heavy atom. The fourth-order valence-electron chi connectivity index (χ4n) is 4.88. The van der Waals surface area contributed by atoms with E-state index in [2.05, 4.69) is 69.3 Å². The molecule has 1 aliphatic rings. The van der Waals surface area contributed by atoms with Crippen LogP contribution in [0.3, 0.4) is 0 Å². The molecule has 1 amide bonds. The van der Waals surface area contributed by atoms with E-state index in [1.807, 2.05) is 32.9 Å². The van der Waals surface area contributed by atoms with Crippen molar-refractivity contribution < 1.29 is 23.5 Å². The van der Waals surface area contributed by atoms with Crippen LogP contribution in [0.25, 0.3) is 0 Å². The summed E-state index contributed by atoms with van der Waals surface area (Å²) in [6.45, 7) is 14.2. The molecular formula is C28H39NO5Si. The standard InChI is InChI=1S/C28H39NO5Si/c1-21(30)33-23-18-22(29(19-23)26(31)34-27(2,3)4)20-32-35(28(5,6)7,24-14-10-8-11-15-24)25-16-12-9-13-17-25/h8-17,22-23H,18-20H2,1-7H3/t22-,23-/m0/s1. The van der Waals surface area contributed by atoms with Crippen molar-refractivity contribution in [2.75, 3.05) is 13.2 Å². The molecule has 0 aliphatic carbocycles. The van der Waals surface area contributed by atoms with E-state index in [0.717, 1.165) is 0 Å². The quantitative estimate of drug-likeness (QED) is 0.434. The van der Waals surface area contributed by atoms with Crippen molar-refractivity contribution in [1.82, 2.24) is 4.90 Å². The maximum absolute atomic E-state index is 13.1. The molecule has 0 unspecified atom stereocenters. The van der Waals surface area contributed by atoms with E-state index in [1.54, 1.807) is 4.90 Å². The normalized spacial score (nSPS) is 18.9. The fourth-order valence-corrected chi connectivity index (χ4v) is 9.48. The highest BCUT2D eigenvalue weighted by Gasteiger charge is 2.51. The van der Waals surface area contributed by atoms with Gasteiger partial charge >= 0.3 is 12.1 Å². The van der Waals surface area contributed by atoms with E-state index in [1.165, 1.54) is 17.3 Å². The number of carbonyl (C=O) groups is 2. The predicted octanol–water partition coefficient (Wildman–Crippen LogP) is 4.50. The van der Waals surface area contributed by atoms with Gasteiger partial charge in [0, 0.05) is 13.3 Å². The van der Waals surface area contributed by atoms with Gasteiger partial charge in [0.2, 0.25) is 0 Å². The van der Waals surface area contributed by atoms with E-state index in [9.17, 15) is 9.59 Å². The number of carbonyl (C=O) groups excluding carboxylic acids is 2. The Labute approximate surface area is 210 Å². The van der Waals surface area contributed by atoms with Gasteiger partial charge in [-0.3, -0.25) is 9.69 Å². The number of benzene rings is 2. The smallest absolute Gasteiger partial charge is 0.410 e. The highest BCUT2D eigenvalue weighted by molar-refractivity contribution is 6.99. The van der Waals surface area contributed by atoms with Gasteiger partial charge in [-0.2, -0.15) is 0 Å². The molecule has 2 aromatic rings. The van der Waals surface area contributed by atoms with Crippen LogP contribution in [-0.2, 0) is 18.7 Å². The minimum absolute atomic E-state index is 0.180. The molecule has 0 N–H and O–H groups in total.